The van der Waals surface area contributed by atoms with Gasteiger partial charge in [-0.2, -0.15) is 13.2 Å². The lowest BCUT2D eigenvalue weighted by Gasteiger charge is -2.20. The standard InChI is InChI=1S/C23H18F3N3OS/c1-14-10-19-20(11-15(14)2)31-22(28-19)29(13-18-8-3-4-9-27-18)21(30)16-6-5-7-17(12-16)23(24,25)26/h3-12H,13H2,1-2H3. The van der Waals surface area contributed by atoms with Crippen molar-refractivity contribution in [1.82, 2.24) is 9.97 Å². The maximum Gasteiger partial charge on any atom is 0.416 e. The van der Waals surface area contributed by atoms with Gasteiger partial charge >= 0.3 is 6.18 Å². The van der Waals surface area contributed by atoms with E-state index < -0.39 is 17.6 Å². The molecule has 0 spiro atoms. The van der Waals surface area contributed by atoms with Gasteiger partial charge in [-0.15, -0.1) is 0 Å². The van der Waals surface area contributed by atoms with Crippen LogP contribution in [0, 0.1) is 13.8 Å². The van der Waals surface area contributed by atoms with Gasteiger partial charge in [-0.05, 0) is 67.4 Å². The molecular weight excluding hydrogens is 423 g/mol. The Labute approximate surface area is 181 Å². The predicted molar refractivity (Wildman–Crippen MR) is 115 cm³/mol. The van der Waals surface area contributed by atoms with Crippen LogP contribution in [0.15, 0.2) is 60.8 Å². The van der Waals surface area contributed by atoms with Gasteiger partial charge in [0.15, 0.2) is 5.13 Å². The number of hydrogen-bond donors (Lipinski definition) is 0. The van der Waals surface area contributed by atoms with Gasteiger partial charge in [-0.1, -0.05) is 23.5 Å². The number of aryl methyl sites for hydroxylation is 2. The van der Waals surface area contributed by atoms with Crippen molar-refractivity contribution >= 4 is 32.6 Å². The van der Waals surface area contributed by atoms with E-state index in [4.69, 9.17) is 0 Å². The summed E-state index contributed by atoms with van der Waals surface area (Å²) in [5, 5.41) is 0.410. The summed E-state index contributed by atoms with van der Waals surface area (Å²) in [5.74, 6) is -0.566. The number of carbonyl (C=O) groups is 1. The molecule has 158 valence electrons. The van der Waals surface area contributed by atoms with E-state index in [0.717, 1.165) is 33.5 Å². The Morgan fingerprint density at radius 3 is 2.52 bits per heavy atom. The Kier molecular flexibility index (Phi) is 5.49. The van der Waals surface area contributed by atoms with E-state index in [-0.39, 0.29) is 12.1 Å². The average Bonchev–Trinajstić information content (AvgIpc) is 3.14. The highest BCUT2D eigenvalue weighted by atomic mass is 32.1. The molecular formula is C23H18F3N3OS. The van der Waals surface area contributed by atoms with Crippen LogP contribution < -0.4 is 4.90 Å². The van der Waals surface area contributed by atoms with E-state index in [9.17, 15) is 18.0 Å². The Balaban J connectivity index is 1.79. The summed E-state index contributed by atoms with van der Waals surface area (Å²) in [6.07, 6.45) is -2.93. The van der Waals surface area contributed by atoms with Gasteiger partial charge in [0.1, 0.15) is 0 Å². The van der Waals surface area contributed by atoms with Crippen LogP contribution in [-0.4, -0.2) is 15.9 Å². The number of pyridine rings is 1. The number of amides is 1. The molecule has 8 heteroatoms. The molecule has 0 saturated carbocycles. The summed E-state index contributed by atoms with van der Waals surface area (Å²) >= 11 is 1.32. The van der Waals surface area contributed by atoms with Crippen molar-refractivity contribution < 1.29 is 18.0 Å². The third-order valence-electron chi connectivity index (χ3n) is 4.95. The molecule has 2 heterocycles. The molecule has 0 N–H and O–H groups in total. The molecule has 0 saturated heterocycles. The number of alkyl halides is 3. The quantitative estimate of drug-likeness (QED) is 0.380. The minimum absolute atomic E-state index is 0.0580. The Bertz CT molecular complexity index is 1210. The van der Waals surface area contributed by atoms with Crippen molar-refractivity contribution in [2.75, 3.05) is 4.90 Å². The second-order valence-electron chi connectivity index (χ2n) is 7.19. The molecule has 4 rings (SSSR count). The minimum Gasteiger partial charge on any atom is -0.278 e. The second-order valence-corrected chi connectivity index (χ2v) is 8.20. The van der Waals surface area contributed by atoms with Crippen molar-refractivity contribution in [1.29, 1.82) is 0 Å². The molecule has 1 amide bonds. The minimum atomic E-state index is -4.53. The van der Waals surface area contributed by atoms with Crippen LogP contribution in [0.4, 0.5) is 18.3 Å². The van der Waals surface area contributed by atoms with Gasteiger partial charge in [-0.25, -0.2) is 4.98 Å². The second kappa shape index (κ2) is 8.11. The molecule has 0 aliphatic rings. The predicted octanol–water partition coefficient (Wildman–Crippen LogP) is 6.17. The number of aromatic nitrogens is 2. The van der Waals surface area contributed by atoms with Crippen LogP contribution in [0.25, 0.3) is 10.2 Å². The van der Waals surface area contributed by atoms with E-state index in [1.165, 1.54) is 28.4 Å². The van der Waals surface area contributed by atoms with E-state index in [0.29, 0.717) is 10.8 Å². The number of carbonyl (C=O) groups excluding carboxylic acids is 1. The van der Waals surface area contributed by atoms with E-state index >= 15 is 0 Å². The molecule has 2 aromatic heterocycles. The van der Waals surface area contributed by atoms with Crippen LogP contribution in [-0.2, 0) is 12.7 Å². The van der Waals surface area contributed by atoms with Crippen LogP contribution >= 0.6 is 11.3 Å². The Hall–Kier alpha value is -3.26. The summed E-state index contributed by atoms with van der Waals surface area (Å²) < 4.78 is 40.4. The zero-order valence-electron chi connectivity index (χ0n) is 16.8. The third-order valence-corrected chi connectivity index (χ3v) is 5.99. The molecule has 4 aromatic rings. The van der Waals surface area contributed by atoms with Gasteiger partial charge in [0.25, 0.3) is 5.91 Å². The van der Waals surface area contributed by atoms with Crippen molar-refractivity contribution in [3.05, 3.63) is 88.7 Å². The molecule has 0 bridgehead atoms. The number of benzene rings is 2. The molecule has 0 aliphatic carbocycles. The number of anilines is 1. The Morgan fingerprint density at radius 2 is 1.81 bits per heavy atom. The fourth-order valence-electron chi connectivity index (χ4n) is 3.15. The topological polar surface area (TPSA) is 46.1 Å². The smallest absolute Gasteiger partial charge is 0.278 e. The van der Waals surface area contributed by atoms with Crippen LogP contribution in [0.1, 0.15) is 32.7 Å². The largest absolute Gasteiger partial charge is 0.416 e. The highest BCUT2D eigenvalue weighted by Gasteiger charge is 2.32. The van der Waals surface area contributed by atoms with Gasteiger partial charge in [0.05, 0.1) is 28.0 Å². The van der Waals surface area contributed by atoms with Crippen LogP contribution in [0.5, 0.6) is 0 Å². The monoisotopic (exact) mass is 441 g/mol. The maximum atomic E-state index is 13.3. The number of thiazole rings is 1. The summed E-state index contributed by atoms with van der Waals surface area (Å²) in [7, 11) is 0. The molecule has 0 fully saturated rings. The molecule has 4 nitrogen and oxygen atoms in total. The molecule has 0 radical (unpaired) electrons. The molecule has 0 aliphatic heterocycles. The van der Waals surface area contributed by atoms with Crippen LogP contribution in [0.2, 0.25) is 0 Å². The van der Waals surface area contributed by atoms with Crippen molar-refractivity contribution in [3.63, 3.8) is 0 Å². The molecule has 0 unspecified atom stereocenters. The first-order chi connectivity index (χ1) is 14.7. The van der Waals surface area contributed by atoms with E-state index in [1.807, 2.05) is 26.0 Å². The average molecular weight is 441 g/mol. The highest BCUT2D eigenvalue weighted by Crippen LogP contribution is 2.34. The number of nitrogens with zero attached hydrogens (tertiary/aromatic N) is 3. The summed E-state index contributed by atoms with van der Waals surface area (Å²) in [6.45, 7) is 4.06. The van der Waals surface area contributed by atoms with Crippen molar-refractivity contribution in [3.8, 4) is 0 Å². The first-order valence-electron chi connectivity index (χ1n) is 9.49. The van der Waals surface area contributed by atoms with Gasteiger partial charge in [0, 0.05) is 11.8 Å². The summed E-state index contributed by atoms with van der Waals surface area (Å²) in [5.41, 5.74) is 2.59. The number of rotatable bonds is 4. The van der Waals surface area contributed by atoms with Crippen LogP contribution in [0.3, 0.4) is 0 Å². The normalized spacial score (nSPS) is 11.6. The molecule has 2 aromatic carbocycles. The summed E-state index contributed by atoms with van der Waals surface area (Å²) in [4.78, 5) is 23.6. The lowest BCUT2D eigenvalue weighted by atomic mass is 10.1. The van der Waals surface area contributed by atoms with Gasteiger partial charge in [-0.3, -0.25) is 14.7 Å². The number of halogens is 3. The molecule has 0 atom stereocenters. The lowest BCUT2D eigenvalue weighted by molar-refractivity contribution is -0.137. The van der Waals surface area contributed by atoms with E-state index in [2.05, 4.69) is 9.97 Å². The highest BCUT2D eigenvalue weighted by molar-refractivity contribution is 7.22. The fourth-order valence-corrected chi connectivity index (χ4v) is 4.19. The SMILES string of the molecule is Cc1cc2nc(N(Cc3ccccn3)C(=O)c3cccc(C(F)(F)F)c3)sc2cc1C. The first-order valence-corrected chi connectivity index (χ1v) is 10.3. The Morgan fingerprint density at radius 1 is 1.03 bits per heavy atom. The number of fused-ring (bicyclic) bond motifs is 1. The third kappa shape index (κ3) is 4.44. The zero-order valence-corrected chi connectivity index (χ0v) is 17.6. The summed E-state index contributed by atoms with van der Waals surface area (Å²) in [6, 6.07) is 13.7. The van der Waals surface area contributed by atoms with Crippen molar-refractivity contribution in [2.24, 2.45) is 0 Å². The first kappa shape index (κ1) is 21.0. The fraction of sp³-hybridized carbons (Fsp3) is 0.174. The lowest BCUT2D eigenvalue weighted by Crippen LogP contribution is -2.31. The number of hydrogen-bond acceptors (Lipinski definition) is 4. The molecule has 31 heavy (non-hydrogen) atoms. The maximum absolute atomic E-state index is 13.3. The van der Waals surface area contributed by atoms with E-state index in [1.54, 1.807) is 24.4 Å². The zero-order chi connectivity index (χ0) is 22.2. The van der Waals surface area contributed by atoms with Gasteiger partial charge in [0.2, 0.25) is 0 Å². The van der Waals surface area contributed by atoms with Crippen molar-refractivity contribution in [2.45, 2.75) is 26.6 Å². The van der Waals surface area contributed by atoms with Gasteiger partial charge < -0.3 is 0 Å².